The van der Waals surface area contributed by atoms with Crippen LogP contribution in [0.3, 0.4) is 0 Å². The molecule has 0 saturated carbocycles. The van der Waals surface area contributed by atoms with Crippen LogP contribution in [0.2, 0.25) is 0 Å². The molecule has 4 aromatic carbocycles. The summed E-state index contributed by atoms with van der Waals surface area (Å²) in [7, 11) is -4.65. The Morgan fingerprint density at radius 1 is 0.553 bits per heavy atom. The summed E-state index contributed by atoms with van der Waals surface area (Å²) in [5, 5.41) is 0. The molecule has 0 aliphatic heterocycles. The van der Waals surface area contributed by atoms with E-state index >= 15 is 0 Å². The number of hydrogen-bond donors (Lipinski definition) is 0. The first-order valence-electron chi connectivity index (χ1n) is 12.0. The van der Waals surface area contributed by atoms with E-state index in [1.807, 2.05) is 72.8 Å². The van der Waals surface area contributed by atoms with Gasteiger partial charge in [-0.15, -0.1) is 0 Å². The van der Waals surface area contributed by atoms with E-state index < -0.39 is 33.7 Å². The molecule has 0 amide bonds. The van der Waals surface area contributed by atoms with Gasteiger partial charge < -0.3 is 9.47 Å². The zero-order valence-electron chi connectivity index (χ0n) is 20.0. The van der Waals surface area contributed by atoms with Gasteiger partial charge in [0.25, 0.3) is 12.9 Å². The molecule has 0 heterocycles. The molecule has 190 valence electrons. The zero-order chi connectivity index (χ0) is 26.3. The quantitative estimate of drug-likeness (QED) is 0.173. The van der Waals surface area contributed by atoms with Crippen LogP contribution < -0.4 is 0 Å². The highest BCUT2D eigenvalue weighted by Crippen LogP contribution is 2.50. The second kappa shape index (κ2) is 9.55. The smallest absolute Gasteiger partial charge is 0.310 e. The summed E-state index contributed by atoms with van der Waals surface area (Å²) in [4.78, 5) is 23.2. The van der Waals surface area contributed by atoms with Crippen LogP contribution in [0.5, 0.6) is 0 Å². The van der Waals surface area contributed by atoms with Crippen molar-refractivity contribution in [1.29, 1.82) is 0 Å². The van der Waals surface area contributed by atoms with Crippen molar-refractivity contribution in [3.63, 3.8) is 0 Å². The van der Waals surface area contributed by atoms with E-state index in [1.165, 1.54) is 0 Å². The number of carbonyl (C=O) groups excluding carboxylic acids is 2. The summed E-state index contributed by atoms with van der Waals surface area (Å²) in [5.74, 6) is -1.54. The molecule has 38 heavy (non-hydrogen) atoms. The molecule has 0 fully saturated rings. The monoisotopic (exact) mass is 526 g/mol. The zero-order valence-corrected chi connectivity index (χ0v) is 20.8. The Bertz CT molecular complexity index is 1550. The molecule has 2 unspecified atom stereocenters. The fourth-order valence-corrected chi connectivity index (χ4v) is 7.08. The highest BCUT2D eigenvalue weighted by atomic mass is 32.2. The van der Waals surface area contributed by atoms with Crippen molar-refractivity contribution in [2.24, 2.45) is 0 Å². The first-order valence-corrected chi connectivity index (χ1v) is 13.5. The Labute approximate surface area is 219 Å². The molecule has 0 spiro atoms. The van der Waals surface area contributed by atoms with Crippen LogP contribution in [0.1, 0.15) is 34.1 Å². The summed E-state index contributed by atoms with van der Waals surface area (Å²) in [6.07, 6.45) is -1.52. The lowest BCUT2D eigenvalue weighted by molar-refractivity contribution is -0.149. The summed E-state index contributed by atoms with van der Waals surface area (Å²) >= 11 is 0. The molecule has 0 saturated heterocycles. The van der Waals surface area contributed by atoms with Gasteiger partial charge in [0.15, 0.2) is 0 Å². The number of rotatable bonds is 9. The van der Waals surface area contributed by atoms with Gasteiger partial charge in [-0.3, -0.25) is 9.59 Å². The van der Waals surface area contributed by atoms with Gasteiger partial charge in [-0.25, -0.2) is 4.18 Å². The summed E-state index contributed by atoms with van der Waals surface area (Å²) in [6, 6.07) is 29.7. The van der Waals surface area contributed by atoms with Gasteiger partial charge in [-0.05, 0) is 44.5 Å². The van der Waals surface area contributed by atoms with Gasteiger partial charge in [-0.2, -0.15) is 8.42 Å². The van der Waals surface area contributed by atoms with Crippen LogP contribution in [0, 0.1) is 0 Å². The average Bonchev–Trinajstić information content (AvgIpc) is 3.44. The second-order valence-electron chi connectivity index (χ2n) is 9.09. The van der Waals surface area contributed by atoms with Gasteiger partial charge in [0.05, 0.1) is 11.8 Å². The van der Waals surface area contributed by atoms with E-state index in [4.69, 9.17) is 13.7 Å². The van der Waals surface area contributed by atoms with E-state index in [2.05, 4.69) is 0 Å². The van der Waals surface area contributed by atoms with Crippen LogP contribution >= 0.6 is 0 Å². The predicted octanol–water partition coefficient (Wildman–Crippen LogP) is 4.96. The number of benzene rings is 4. The highest BCUT2D eigenvalue weighted by Gasteiger charge is 2.47. The minimum atomic E-state index is -4.65. The van der Waals surface area contributed by atoms with E-state index in [1.54, 1.807) is 24.3 Å². The third kappa shape index (κ3) is 3.81. The van der Waals surface area contributed by atoms with Gasteiger partial charge in [-0.1, -0.05) is 97.1 Å². The largest absolute Gasteiger partial charge is 0.444 e. The highest BCUT2D eigenvalue weighted by molar-refractivity contribution is 7.87. The molecule has 0 aromatic heterocycles. The number of fused-ring (bicyclic) bond motifs is 6. The third-order valence-corrected chi connectivity index (χ3v) is 8.61. The molecular formula is C30H22O7S. The molecule has 6 rings (SSSR count). The Balaban J connectivity index is 1.43. The Hall–Kier alpha value is -4.27. The van der Waals surface area contributed by atoms with Crippen molar-refractivity contribution in [2.45, 2.75) is 23.6 Å². The molecule has 2 aliphatic rings. The maximum Gasteiger partial charge on any atom is 0.310 e. The van der Waals surface area contributed by atoms with Crippen LogP contribution in [0.4, 0.5) is 0 Å². The molecule has 2 aliphatic carbocycles. The summed E-state index contributed by atoms with van der Waals surface area (Å²) in [5.41, 5.74) is 4.69. The standard InChI is InChI=1S/C30H22O7S/c31-17-35-29(27-23-13-5-1-9-19(23)20-10-2-6-14-24(20)27)37-38(33,34)30(36-18-32)28-25-15-7-3-11-21(25)22-12-4-8-16-26(22)28/h1-18,27-30H. The lowest BCUT2D eigenvalue weighted by atomic mass is 9.96. The second-order valence-corrected chi connectivity index (χ2v) is 10.7. The van der Waals surface area contributed by atoms with Crippen LogP contribution in [-0.4, -0.2) is 33.1 Å². The van der Waals surface area contributed by atoms with Crippen molar-refractivity contribution < 1.29 is 31.7 Å². The van der Waals surface area contributed by atoms with Gasteiger partial charge >= 0.3 is 10.1 Å². The minimum absolute atomic E-state index is 0.102. The normalized spacial score (nSPS) is 15.5. The van der Waals surface area contributed by atoms with Crippen LogP contribution in [-0.2, 0) is 33.4 Å². The topological polar surface area (TPSA) is 96.0 Å². The summed E-state index contributed by atoms with van der Waals surface area (Å²) < 4.78 is 44.0. The molecule has 7 nitrogen and oxygen atoms in total. The Kier molecular flexibility index (Phi) is 6.06. The average molecular weight is 527 g/mol. The Morgan fingerprint density at radius 2 is 0.921 bits per heavy atom. The van der Waals surface area contributed by atoms with Crippen LogP contribution in [0.25, 0.3) is 22.3 Å². The van der Waals surface area contributed by atoms with Gasteiger partial charge in [0.1, 0.15) is 0 Å². The van der Waals surface area contributed by atoms with Crippen molar-refractivity contribution in [3.8, 4) is 22.3 Å². The molecule has 4 aromatic rings. The van der Waals surface area contributed by atoms with Gasteiger partial charge in [0.2, 0.25) is 11.7 Å². The fraction of sp³-hybridized carbons (Fsp3) is 0.133. The SMILES string of the molecule is O=COC(OS(=O)(=O)C(OC=O)C1c2ccccc2-c2ccccc21)C1c2ccccc2-c2ccccc21. The van der Waals surface area contributed by atoms with Crippen molar-refractivity contribution >= 4 is 23.1 Å². The Morgan fingerprint density at radius 3 is 1.32 bits per heavy atom. The summed E-state index contributed by atoms with van der Waals surface area (Å²) in [6.45, 7) is 0.268. The molecule has 8 heteroatoms. The third-order valence-electron chi connectivity index (χ3n) is 7.20. The van der Waals surface area contributed by atoms with Gasteiger partial charge in [0, 0.05) is 0 Å². The van der Waals surface area contributed by atoms with E-state index in [0.29, 0.717) is 11.1 Å². The molecule has 2 atom stereocenters. The van der Waals surface area contributed by atoms with E-state index in [0.717, 1.165) is 33.4 Å². The van der Waals surface area contributed by atoms with Crippen molar-refractivity contribution in [3.05, 3.63) is 119 Å². The fourth-order valence-electron chi connectivity index (χ4n) is 5.74. The maximum absolute atomic E-state index is 13.9. The number of hydrogen-bond acceptors (Lipinski definition) is 7. The predicted molar refractivity (Wildman–Crippen MR) is 139 cm³/mol. The molecular weight excluding hydrogens is 504 g/mol. The minimum Gasteiger partial charge on any atom is -0.444 e. The lowest BCUT2D eigenvalue weighted by Gasteiger charge is -2.28. The van der Waals surface area contributed by atoms with E-state index in [9.17, 15) is 18.0 Å². The molecule has 0 N–H and O–H groups in total. The maximum atomic E-state index is 13.9. The van der Waals surface area contributed by atoms with Crippen molar-refractivity contribution in [2.75, 3.05) is 0 Å². The molecule has 0 radical (unpaired) electrons. The number of ether oxygens (including phenoxy) is 2. The first kappa shape index (κ1) is 24.1. The lowest BCUT2D eigenvalue weighted by Crippen LogP contribution is -2.37. The van der Waals surface area contributed by atoms with Crippen LogP contribution in [0.15, 0.2) is 97.1 Å². The van der Waals surface area contributed by atoms with Crippen molar-refractivity contribution in [1.82, 2.24) is 0 Å². The van der Waals surface area contributed by atoms with E-state index in [-0.39, 0.29) is 12.9 Å². The first-order chi connectivity index (χ1) is 18.5. The number of carbonyl (C=O) groups is 2. The molecule has 0 bridgehead atoms.